The lowest BCUT2D eigenvalue weighted by atomic mass is 9.97. The molecule has 4 nitrogen and oxygen atoms in total. The summed E-state index contributed by atoms with van der Waals surface area (Å²) in [7, 11) is 0. The number of hydrogen-bond acceptors (Lipinski definition) is 3. The second kappa shape index (κ2) is 5.43. The van der Waals surface area contributed by atoms with Crippen molar-refractivity contribution in [2.45, 2.75) is 25.9 Å². The van der Waals surface area contributed by atoms with Gasteiger partial charge in [-0.05, 0) is 23.3 Å². The van der Waals surface area contributed by atoms with Gasteiger partial charge in [0, 0.05) is 19.0 Å². The summed E-state index contributed by atoms with van der Waals surface area (Å²) in [4.78, 5) is 4.30. The maximum absolute atomic E-state index is 6.39. The number of nitrogens with two attached hydrogens (primary N) is 1. The van der Waals surface area contributed by atoms with Gasteiger partial charge < -0.3 is 5.73 Å². The Morgan fingerprint density at radius 2 is 1.95 bits per heavy atom. The Labute approximate surface area is 118 Å². The lowest BCUT2D eigenvalue weighted by Gasteiger charge is -2.14. The number of nitrogens with zero attached hydrogens (tertiary/aromatic N) is 3. The summed E-state index contributed by atoms with van der Waals surface area (Å²) in [6, 6.07) is 14.5. The molecule has 0 amide bonds. The predicted octanol–water partition coefficient (Wildman–Crippen LogP) is 2.69. The molecule has 0 aliphatic heterocycles. The van der Waals surface area contributed by atoms with E-state index < -0.39 is 0 Å². The fraction of sp³-hybridized carbons (Fsp3) is 0.250. The van der Waals surface area contributed by atoms with Crippen molar-refractivity contribution in [3.05, 3.63) is 60.2 Å². The molecule has 3 rings (SSSR count). The van der Waals surface area contributed by atoms with Crippen LogP contribution in [-0.4, -0.2) is 14.8 Å². The zero-order valence-corrected chi connectivity index (χ0v) is 11.5. The first kappa shape index (κ1) is 12.8. The van der Waals surface area contributed by atoms with Crippen molar-refractivity contribution >= 4 is 10.8 Å². The lowest BCUT2D eigenvalue weighted by Crippen LogP contribution is -2.17. The Kier molecular flexibility index (Phi) is 3.48. The molecule has 2 N–H and O–H groups in total. The van der Waals surface area contributed by atoms with Crippen LogP contribution in [0.3, 0.4) is 0 Å². The molecule has 1 aromatic heterocycles. The van der Waals surface area contributed by atoms with Crippen molar-refractivity contribution in [2.75, 3.05) is 0 Å². The number of aromatic nitrogens is 3. The zero-order chi connectivity index (χ0) is 13.9. The van der Waals surface area contributed by atoms with Crippen LogP contribution in [0.25, 0.3) is 10.8 Å². The molecular weight excluding hydrogens is 248 g/mol. The van der Waals surface area contributed by atoms with Gasteiger partial charge in [-0.15, -0.1) is 0 Å². The summed E-state index contributed by atoms with van der Waals surface area (Å²) in [5.41, 5.74) is 7.56. The molecule has 0 aliphatic carbocycles. The van der Waals surface area contributed by atoms with Crippen LogP contribution < -0.4 is 5.73 Å². The Morgan fingerprint density at radius 1 is 1.15 bits per heavy atom. The Hall–Kier alpha value is -2.20. The highest BCUT2D eigenvalue weighted by Gasteiger charge is 2.13. The molecule has 1 atom stereocenters. The van der Waals surface area contributed by atoms with Crippen molar-refractivity contribution < 1.29 is 0 Å². The standard InChI is InChI=1S/C16H18N4/c1-2-20-16(18-11-19-20)10-15(17)14-9-5-7-12-6-3-4-8-13(12)14/h3-9,11,15H,2,10,17H2,1H3. The van der Waals surface area contributed by atoms with Gasteiger partial charge in [-0.2, -0.15) is 5.10 Å². The highest BCUT2D eigenvalue weighted by Crippen LogP contribution is 2.24. The summed E-state index contributed by atoms with van der Waals surface area (Å²) < 4.78 is 1.89. The van der Waals surface area contributed by atoms with Crippen molar-refractivity contribution in [3.8, 4) is 0 Å². The van der Waals surface area contributed by atoms with Crippen molar-refractivity contribution in [3.63, 3.8) is 0 Å². The molecule has 20 heavy (non-hydrogen) atoms. The second-order valence-electron chi connectivity index (χ2n) is 4.87. The molecule has 2 aromatic carbocycles. The van der Waals surface area contributed by atoms with E-state index in [-0.39, 0.29) is 6.04 Å². The average Bonchev–Trinajstić information content (AvgIpc) is 2.93. The SMILES string of the molecule is CCn1ncnc1CC(N)c1cccc2ccccc12. The fourth-order valence-corrected chi connectivity index (χ4v) is 2.59. The van der Waals surface area contributed by atoms with E-state index in [0.29, 0.717) is 6.42 Å². The molecule has 3 aromatic rings. The smallest absolute Gasteiger partial charge is 0.138 e. The average molecular weight is 266 g/mol. The normalized spacial score (nSPS) is 12.7. The quantitative estimate of drug-likeness (QED) is 0.790. The van der Waals surface area contributed by atoms with Gasteiger partial charge in [0.1, 0.15) is 12.2 Å². The molecular formula is C16H18N4. The Morgan fingerprint density at radius 3 is 2.80 bits per heavy atom. The molecule has 0 radical (unpaired) electrons. The summed E-state index contributed by atoms with van der Waals surface area (Å²) in [5, 5.41) is 6.63. The lowest BCUT2D eigenvalue weighted by molar-refractivity contribution is 0.582. The summed E-state index contributed by atoms with van der Waals surface area (Å²) in [6.07, 6.45) is 2.29. The van der Waals surface area contributed by atoms with Crippen LogP contribution in [0.4, 0.5) is 0 Å². The molecule has 1 heterocycles. The van der Waals surface area contributed by atoms with Gasteiger partial charge in [-0.3, -0.25) is 4.68 Å². The van der Waals surface area contributed by atoms with E-state index in [1.807, 2.05) is 16.8 Å². The van der Waals surface area contributed by atoms with Gasteiger partial charge >= 0.3 is 0 Å². The molecule has 0 fully saturated rings. The van der Waals surface area contributed by atoms with Crippen LogP contribution in [0.15, 0.2) is 48.8 Å². The van der Waals surface area contributed by atoms with E-state index in [9.17, 15) is 0 Å². The number of rotatable bonds is 4. The molecule has 0 saturated carbocycles. The molecule has 0 spiro atoms. The van der Waals surface area contributed by atoms with Crippen LogP contribution >= 0.6 is 0 Å². The van der Waals surface area contributed by atoms with Crippen molar-refractivity contribution in [1.82, 2.24) is 14.8 Å². The van der Waals surface area contributed by atoms with Crippen LogP contribution in [0, 0.1) is 0 Å². The minimum Gasteiger partial charge on any atom is -0.324 e. The van der Waals surface area contributed by atoms with Gasteiger partial charge in [0.2, 0.25) is 0 Å². The summed E-state index contributed by atoms with van der Waals surface area (Å²) in [6.45, 7) is 2.87. The topological polar surface area (TPSA) is 56.7 Å². The summed E-state index contributed by atoms with van der Waals surface area (Å²) >= 11 is 0. The maximum atomic E-state index is 6.39. The molecule has 102 valence electrons. The van der Waals surface area contributed by atoms with E-state index in [1.54, 1.807) is 6.33 Å². The Bertz CT molecular complexity index is 712. The highest BCUT2D eigenvalue weighted by atomic mass is 15.3. The molecule has 4 heteroatoms. The first-order chi connectivity index (χ1) is 9.79. The van der Waals surface area contributed by atoms with E-state index in [1.165, 1.54) is 10.8 Å². The largest absolute Gasteiger partial charge is 0.324 e. The second-order valence-corrected chi connectivity index (χ2v) is 4.87. The minimum absolute atomic E-state index is 0.0735. The van der Waals surface area contributed by atoms with Crippen LogP contribution in [-0.2, 0) is 13.0 Å². The van der Waals surface area contributed by atoms with Crippen LogP contribution in [0.1, 0.15) is 24.4 Å². The van der Waals surface area contributed by atoms with E-state index in [2.05, 4.69) is 47.3 Å². The fourth-order valence-electron chi connectivity index (χ4n) is 2.59. The van der Waals surface area contributed by atoms with Crippen LogP contribution in [0.2, 0.25) is 0 Å². The van der Waals surface area contributed by atoms with E-state index in [4.69, 9.17) is 5.73 Å². The molecule has 0 bridgehead atoms. The van der Waals surface area contributed by atoms with Gasteiger partial charge in [0.05, 0.1) is 0 Å². The van der Waals surface area contributed by atoms with Crippen LogP contribution in [0.5, 0.6) is 0 Å². The number of benzene rings is 2. The first-order valence-corrected chi connectivity index (χ1v) is 6.89. The number of hydrogen-bond donors (Lipinski definition) is 1. The van der Waals surface area contributed by atoms with Crippen molar-refractivity contribution in [2.24, 2.45) is 5.73 Å². The third-order valence-corrected chi connectivity index (χ3v) is 3.62. The molecule has 0 aliphatic rings. The summed E-state index contributed by atoms with van der Waals surface area (Å²) in [5.74, 6) is 0.938. The van der Waals surface area contributed by atoms with Gasteiger partial charge in [0.15, 0.2) is 0 Å². The number of fused-ring (bicyclic) bond motifs is 1. The van der Waals surface area contributed by atoms with Gasteiger partial charge in [0.25, 0.3) is 0 Å². The van der Waals surface area contributed by atoms with Gasteiger partial charge in [-0.25, -0.2) is 4.98 Å². The first-order valence-electron chi connectivity index (χ1n) is 6.89. The van der Waals surface area contributed by atoms with Crippen molar-refractivity contribution in [1.29, 1.82) is 0 Å². The zero-order valence-electron chi connectivity index (χ0n) is 11.5. The molecule has 0 saturated heterocycles. The Balaban J connectivity index is 1.95. The van der Waals surface area contributed by atoms with Gasteiger partial charge in [-0.1, -0.05) is 42.5 Å². The number of aryl methyl sites for hydroxylation is 1. The maximum Gasteiger partial charge on any atom is 0.138 e. The van der Waals surface area contributed by atoms with E-state index in [0.717, 1.165) is 17.9 Å². The monoisotopic (exact) mass is 266 g/mol. The highest BCUT2D eigenvalue weighted by molar-refractivity contribution is 5.86. The van der Waals surface area contributed by atoms with E-state index >= 15 is 0 Å². The minimum atomic E-state index is -0.0735. The predicted molar refractivity (Wildman–Crippen MR) is 80.3 cm³/mol. The third kappa shape index (κ3) is 2.30. The third-order valence-electron chi connectivity index (χ3n) is 3.62. The molecule has 1 unspecified atom stereocenters.